The highest BCUT2D eigenvalue weighted by molar-refractivity contribution is 6.00. The van der Waals surface area contributed by atoms with Crippen LogP contribution in [0.25, 0.3) is 11.3 Å². The van der Waals surface area contributed by atoms with Crippen LogP contribution < -0.4 is 10.6 Å². The van der Waals surface area contributed by atoms with Crippen molar-refractivity contribution in [3.8, 4) is 17.3 Å². The maximum atomic E-state index is 13.4. The summed E-state index contributed by atoms with van der Waals surface area (Å²) in [4.78, 5) is 39.1. The van der Waals surface area contributed by atoms with Crippen molar-refractivity contribution in [3.05, 3.63) is 76.6 Å². The molecule has 37 heavy (non-hydrogen) atoms. The lowest BCUT2D eigenvalue weighted by molar-refractivity contribution is 0.0712. The highest BCUT2D eigenvalue weighted by atomic mass is 16.2. The number of nitrogens with zero attached hydrogens (tertiary/aromatic N) is 5. The molecule has 3 aromatic rings. The number of likely N-dealkylation sites (tertiary alicyclic amines) is 1. The van der Waals surface area contributed by atoms with Crippen LogP contribution in [0.15, 0.2) is 48.7 Å². The molecule has 0 saturated carbocycles. The van der Waals surface area contributed by atoms with Crippen LogP contribution in [0.4, 0.5) is 5.82 Å². The summed E-state index contributed by atoms with van der Waals surface area (Å²) in [5, 5.41) is 9.03. The summed E-state index contributed by atoms with van der Waals surface area (Å²) in [5.74, 6) is 0.525. The van der Waals surface area contributed by atoms with Gasteiger partial charge >= 0.3 is 0 Å². The average Bonchev–Trinajstić information content (AvgIpc) is 3.48. The first kappa shape index (κ1) is 24.4. The van der Waals surface area contributed by atoms with E-state index in [-0.39, 0.29) is 5.91 Å². The third kappa shape index (κ3) is 5.03. The predicted octanol–water partition coefficient (Wildman–Crippen LogP) is 4.04. The summed E-state index contributed by atoms with van der Waals surface area (Å²) in [5.41, 5.74) is 10.1. The molecule has 2 amide bonds. The largest absolute Gasteiger partial charge is 0.366 e. The molecular weight excluding hydrogens is 464 g/mol. The second kappa shape index (κ2) is 10.4. The fourth-order valence-electron chi connectivity index (χ4n) is 5.29. The number of primary amides is 1. The molecule has 5 rings (SSSR count). The fourth-order valence-corrected chi connectivity index (χ4v) is 5.29. The highest BCUT2D eigenvalue weighted by Gasteiger charge is 2.26. The number of nitriles is 1. The number of benzene rings is 1. The summed E-state index contributed by atoms with van der Waals surface area (Å²) >= 11 is 0. The maximum absolute atomic E-state index is 13.4. The van der Waals surface area contributed by atoms with Crippen molar-refractivity contribution in [2.45, 2.75) is 38.5 Å². The smallest absolute Gasteiger partial charge is 0.255 e. The van der Waals surface area contributed by atoms with E-state index in [1.54, 1.807) is 18.3 Å². The van der Waals surface area contributed by atoms with Gasteiger partial charge in [-0.25, -0.2) is 4.98 Å². The molecule has 2 N–H and O–H groups in total. The zero-order chi connectivity index (χ0) is 25.9. The Bertz CT molecular complexity index is 1360. The van der Waals surface area contributed by atoms with Gasteiger partial charge in [0.2, 0.25) is 0 Å². The SMILES string of the molecule is Cc1ncc(C(=O)N2CCC(c3ccc(C#N)cc3)CC2)cc1-c1nc(N2CCCC2)ccc1C(N)=O. The molecule has 1 aromatic carbocycles. The molecule has 188 valence electrons. The molecule has 8 nitrogen and oxygen atoms in total. The Balaban J connectivity index is 1.37. The Kier molecular flexibility index (Phi) is 6.87. The number of amides is 2. The van der Waals surface area contributed by atoms with Gasteiger partial charge in [-0.3, -0.25) is 14.6 Å². The van der Waals surface area contributed by atoms with Crippen molar-refractivity contribution in [3.63, 3.8) is 0 Å². The fraction of sp³-hybridized carbons (Fsp3) is 0.345. The van der Waals surface area contributed by atoms with Crippen molar-refractivity contribution in [2.24, 2.45) is 5.73 Å². The van der Waals surface area contributed by atoms with E-state index in [1.165, 1.54) is 5.56 Å². The molecule has 2 aromatic heterocycles. The molecule has 0 bridgehead atoms. The van der Waals surface area contributed by atoms with E-state index < -0.39 is 5.91 Å². The zero-order valence-electron chi connectivity index (χ0n) is 21.0. The first-order valence-corrected chi connectivity index (χ1v) is 12.8. The van der Waals surface area contributed by atoms with E-state index in [2.05, 4.69) is 16.0 Å². The van der Waals surface area contributed by atoms with Gasteiger partial charge in [0, 0.05) is 43.6 Å². The summed E-state index contributed by atoms with van der Waals surface area (Å²) < 4.78 is 0. The number of hydrogen-bond acceptors (Lipinski definition) is 6. The minimum absolute atomic E-state index is 0.0802. The molecule has 0 radical (unpaired) electrons. The highest BCUT2D eigenvalue weighted by Crippen LogP contribution is 2.31. The number of aryl methyl sites for hydroxylation is 1. The first-order valence-electron chi connectivity index (χ1n) is 12.8. The van der Waals surface area contributed by atoms with Gasteiger partial charge in [0.1, 0.15) is 5.82 Å². The number of aromatic nitrogens is 2. The molecule has 8 heteroatoms. The minimum Gasteiger partial charge on any atom is -0.366 e. The molecule has 0 unspecified atom stereocenters. The Labute approximate surface area is 216 Å². The van der Waals surface area contributed by atoms with Crippen LogP contribution in [0.1, 0.15) is 69.1 Å². The molecule has 0 spiro atoms. The maximum Gasteiger partial charge on any atom is 0.255 e. The van der Waals surface area contributed by atoms with Gasteiger partial charge in [-0.15, -0.1) is 0 Å². The Morgan fingerprint density at radius 3 is 2.38 bits per heavy atom. The van der Waals surface area contributed by atoms with Crippen LogP contribution >= 0.6 is 0 Å². The van der Waals surface area contributed by atoms with Crippen LogP contribution in [0.3, 0.4) is 0 Å². The molecule has 2 aliphatic heterocycles. The predicted molar refractivity (Wildman–Crippen MR) is 141 cm³/mol. The van der Waals surface area contributed by atoms with Gasteiger partial charge in [0.25, 0.3) is 11.8 Å². The number of carbonyl (C=O) groups is 2. The number of carbonyl (C=O) groups excluding carboxylic acids is 2. The van der Waals surface area contributed by atoms with E-state index in [0.717, 1.165) is 44.6 Å². The normalized spacial score (nSPS) is 16.0. The monoisotopic (exact) mass is 494 g/mol. The van der Waals surface area contributed by atoms with Crippen molar-refractivity contribution in [2.75, 3.05) is 31.1 Å². The second-order valence-corrected chi connectivity index (χ2v) is 9.78. The van der Waals surface area contributed by atoms with Gasteiger partial charge in [-0.2, -0.15) is 5.26 Å². The first-order chi connectivity index (χ1) is 17.9. The number of rotatable bonds is 5. The van der Waals surface area contributed by atoms with E-state index in [4.69, 9.17) is 16.0 Å². The lowest BCUT2D eigenvalue weighted by Crippen LogP contribution is -2.38. The molecule has 0 atom stereocenters. The van der Waals surface area contributed by atoms with Crippen molar-refractivity contribution >= 4 is 17.6 Å². The lowest BCUT2D eigenvalue weighted by atomic mass is 9.89. The number of nitrogens with two attached hydrogens (primary N) is 1. The third-order valence-corrected chi connectivity index (χ3v) is 7.46. The van der Waals surface area contributed by atoms with Crippen molar-refractivity contribution < 1.29 is 9.59 Å². The second-order valence-electron chi connectivity index (χ2n) is 9.78. The number of hydrogen-bond donors (Lipinski definition) is 1. The van der Waals surface area contributed by atoms with Crippen LogP contribution in [0, 0.1) is 18.3 Å². The molecule has 2 fully saturated rings. The zero-order valence-corrected chi connectivity index (χ0v) is 21.0. The topological polar surface area (TPSA) is 116 Å². The standard InChI is InChI=1S/C29H30N6O2/c1-19-25(27-24(28(31)36)8-9-26(33-27)34-12-2-3-13-34)16-23(18-32-19)29(37)35-14-10-22(11-15-35)21-6-4-20(17-30)5-7-21/h4-9,16,18,22H,2-3,10-15H2,1H3,(H2,31,36). The number of piperidine rings is 1. The molecule has 2 aliphatic rings. The van der Waals surface area contributed by atoms with Gasteiger partial charge in [0.15, 0.2) is 0 Å². The molecule has 0 aliphatic carbocycles. The summed E-state index contributed by atoms with van der Waals surface area (Å²) in [6.07, 6.45) is 5.54. The van der Waals surface area contributed by atoms with Crippen LogP contribution in [-0.4, -0.2) is 52.9 Å². The molecule has 2 saturated heterocycles. The average molecular weight is 495 g/mol. The van der Waals surface area contributed by atoms with Gasteiger partial charge in [-0.1, -0.05) is 12.1 Å². The van der Waals surface area contributed by atoms with Crippen molar-refractivity contribution in [1.29, 1.82) is 5.26 Å². The summed E-state index contributed by atoms with van der Waals surface area (Å²) in [6.45, 7) is 4.98. The van der Waals surface area contributed by atoms with E-state index in [0.29, 0.717) is 52.6 Å². The van der Waals surface area contributed by atoms with Gasteiger partial charge in [0.05, 0.1) is 28.5 Å². The van der Waals surface area contributed by atoms with E-state index in [9.17, 15) is 9.59 Å². The number of anilines is 1. The Morgan fingerprint density at radius 2 is 1.73 bits per heavy atom. The molecule has 4 heterocycles. The quantitative estimate of drug-likeness (QED) is 0.572. The van der Waals surface area contributed by atoms with Crippen LogP contribution in [0.2, 0.25) is 0 Å². The minimum atomic E-state index is -0.559. The Morgan fingerprint density at radius 1 is 1.03 bits per heavy atom. The van der Waals surface area contributed by atoms with Gasteiger partial charge in [-0.05, 0) is 74.4 Å². The van der Waals surface area contributed by atoms with E-state index >= 15 is 0 Å². The number of pyridine rings is 2. The van der Waals surface area contributed by atoms with Crippen LogP contribution in [0.5, 0.6) is 0 Å². The van der Waals surface area contributed by atoms with E-state index in [1.807, 2.05) is 42.2 Å². The summed E-state index contributed by atoms with van der Waals surface area (Å²) in [7, 11) is 0. The molecular formula is C29H30N6O2. The van der Waals surface area contributed by atoms with Crippen molar-refractivity contribution in [1.82, 2.24) is 14.9 Å². The summed E-state index contributed by atoms with van der Waals surface area (Å²) in [6, 6.07) is 15.2. The van der Waals surface area contributed by atoms with Gasteiger partial charge < -0.3 is 15.5 Å². The lowest BCUT2D eigenvalue weighted by Gasteiger charge is -2.32. The Hall–Kier alpha value is -4.25. The third-order valence-electron chi connectivity index (χ3n) is 7.46. The van der Waals surface area contributed by atoms with Crippen LogP contribution in [-0.2, 0) is 0 Å².